The zero-order chi connectivity index (χ0) is 19.0. The van der Waals surface area contributed by atoms with E-state index in [-0.39, 0.29) is 5.56 Å². The van der Waals surface area contributed by atoms with E-state index in [1.165, 1.54) is 5.56 Å². The minimum absolute atomic E-state index is 0.0486. The quantitative estimate of drug-likeness (QED) is 0.538. The van der Waals surface area contributed by atoms with Crippen molar-refractivity contribution in [3.05, 3.63) is 82.8 Å². The highest BCUT2D eigenvalue weighted by Gasteiger charge is 2.16. The molecule has 2 aromatic heterocycles. The number of hydrogen-bond donors (Lipinski definition) is 0. The van der Waals surface area contributed by atoms with Crippen molar-refractivity contribution < 1.29 is 4.42 Å². The third-order valence-corrected chi connectivity index (χ3v) is 4.80. The predicted molar refractivity (Wildman–Crippen MR) is 110 cm³/mol. The Morgan fingerprint density at radius 2 is 1.67 bits per heavy atom. The van der Waals surface area contributed by atoms with Gasteiger partial charge in [-0.05, 0) is 30.8 Å². The number of pyridine rings is 1. The van der Waals surface area contributed by atoms with Crippen molar-refractivity contribution in [2.45, 2.75) is 6.54 Å². The second kappa shape index (κ2) is 6.89. The van der Waals surface area contributed by atoms with Gasteiger partial charge in [-0.2, -0.15) is 0 Å². The van der Waals surface area contributed by atoms with Crippen LogP contribution < -0.4 is 5.56 Å². The Morgan fingerprint density at radius 1 is 0.963 bits per heavy atom. The zero-order valence-corrected chi connectivity index (χ0v) is 15.8. The van der Waals surface area contributed by atoms with Crippen molar-refractivity contribution in [1.29, 1.82) is 0 Å². The Hall–Kier alpha value is -3.11. The third kappa shape index (κ3) is 3.20. The number of benzene rings is 2. The fourth-order valence-electron chi connectivity index (χ4n) is 3.45. The first kappa shape index (κ1) is 17.3. The summed E-state index contributed by atoms with van der Waals surface area (Å²) < 4.78 is 7.46. The third-order valence-electron chi connectivity index (χ3n) is 4.80. The van der Waals surface area contributed by atoms with E-state index in [2.05, 4.69) is 29.2 Å². The van der Waals surface area contributed by atoms with Gasteiger partial charge in [0.05, 0.1) is 17.3 Å². The Balaban J connectivity index is 1.82. The molecule has 0 bridgehead atoms. The zero-order valence-electron chi connectivity index (χ0n) is 15.8. The van der Waals surface area contributed by atoms with E-state index in [0.29, 0.717) is 11.0 Å². The maximum atomic E-state index is 13.1. The number of rotatable bonds is 4. The Labute approximate surface area is 158 Å². The molecule has 0 saturated heterocycles. The molecule has 136 valence electrons. The summed E-state index contributed by atoms with van der Waals surface area (Å²) in [6.07, 6.45) is 1.67. The van der Waals surface area contributed by atoms with Crippen molar-refractivity contribution >= 4 is 11.0 Å². The van der Waals surface area contributed by atoms with Gasteiger partial charge < -0.3 is 13.9 Å². The molecule has 4 nitrogen and oxygen atoms in total. The topological polar surface area (TPSA) is 38.4 Å². The summed E-state index contributed by atoms with van der Waals surface area (Å²) in [5, 5.41) is 0.622. The van der Waals surface area contributed by atoms with Crippen LogP contribution in [0.25, 0.3) is 33.4 Å². The highest BCUT2D eigenvalue weighted by Crippen LogP contribution is 2.30. The lowest BCUT2D eigenvalue weighted by Crippen LogP contribution is -2.18. The minimum Gasteiger partial charge on any atom is -0.463 e. The van der Waals surface area contributed by atoms with Crippen molar-refractivity contribution in [3.8, 4) is 22.4 Å². The van der Waals surface area contributed by atoms with Gasteiger partial charge in [-0.25, -0.2) is 0 Å². The van der Waals surface area contributed by atoms with Gasteiger partial charge in [0.25, 0.3) is 5.56 Å². The molecule has 0 atom stereocenters. The van der Waals surface area contributed by atoms with Gasteiger partial charge in [0, 0.05) is 25.2 Å². The van der Waals surface area contributed by atoms with E-state index in [0.717, 1.165) is 28.9 Å². The minimum atomic E-state index is -0.0486. The van der Waals surface area contributed by atoms with Gasteiger partial charge in [0.1, 0.15) is 5.58 Å². The van der Waals surface area contributed by atoms with Gasteiger partial charge in [0.15, 0.2) is 0 Å². The van der Waals surface area contributed by atoms with Gasteiger partial charge in [-0.3, -0.25) is 4.79 Å². The molecule has 0 aliphatic carbocycles. The molecule has 4 heteroatoms. The number of furan rings is 1. The summed E-state index contributed by atoms with van der Waals surface area (Å²) in [6, 6.07) is 20.1. The van der Waals surface area contributed by atoms with Crippen molar-refractivity contribution in [3.63, 3.8) is 0 Å². The van der Waals surface area contributed by atoms with E-state index in [1.807, 2.05) is 57.5 Å². The maximum Gasteiger partial charge on any atom is 0.262 e. The van der Waals surface area contributed by atoms with E-state index in [9.17, 15) is 4.79 Å². The molecule has 2 aromatic carbocycles. The predicted octanol–water partition coefficient (Wildman–Crippen LogP) is 4.53. The highest BCUT2D eigenvalue weighted by molar-refractivity contribution is 5.94. The standard InChI is InChI=1S/C23H22N2O2/c1-24(2)14-16-9-11-18(12-10-16)20-13-21-22(23(26)25(20)3)19(15-27-21)17-7-5-4-6-8-17/h4-13,15H,14H2,1-3H3. The van der Waals surface area contributed by atoms with Gasteiger partial charge in [0.2, 0.25) is 0 Å². The molecule has 0 unspecified atom stereocenters. The monoisotopic (exact) mass is 358 g/mol. The summed E-state index contributed by atoms with van der Waals surface area (Å²) in [5.41, 5.74) is 5.46. The van der Waals surface area contributed by atoms with Crippen LogP contribution in [0.3, 0.4) is 0 Å². The smallest absolute Gasteiger partial charge is 0.262 e. The molecule has 0 spiro atoms. The highest BCUT2D eigenvalue weighted by atomic mass is 16.3. The number of nitrogens with zero attached hydrogens (tertiary/aromatic N) is 2. The average molecular weight is 358 g/mol. The number of fused-ring (bicyclic) bond motifs is 1. The molecule has 27 heavy (non-hydrogen) atoms. The second-order valence-corrected chi connectivity index (χ2v) is 7.08. The van der Waals surface area contributed by atoms with Gasteiger partial charge in [-0.1, -0.05) is 54.6 Å². The molecule has 4 aromatic rings. The maximum absolute atomic E-state index is 13.1. The molecule has 4 rings (SSSR count). The van der Waals surface area contributed by atoms with Crippen LogP contribution in [0.4, 0.5) is 0 Å². The van der Waals surface area contributed by atoms with Crippen LogP contribution in [0.2, 0.25) is 0 Å². The Kier molecular flexibility index (Phi) is 4.42. The summed E-state index contributed by atoms with van der Waals surface area (Å²) in [7, 11) is 5.91. The van der Waals surface area contributed by atoms with Gasteiger partial charge in [-0.15, -0.1) is 0 Å². The molecule has 0 aliphatic heterocycles. The number of aromatic nitrogens is 1. The molecule has 0 amide bonds. The lowest BCUT2D eigenvalue weighted by atomic mass is 10.0. The molecule has 2 heterocycles. The molecule has 0 aliphatic rings. The largest absolute Gasteiger partial charge is 0.463 e. The van der Waals surface area contributed by atoms with Crippen LogP contribution in [0.15, 0.2) is 76.1 Å². The average Bonchev–Trinajstić information content (AvgIpc) is 3.10. The summed E-state index contributed by atoms with van der Waals surface area (Å²) in [5.74, 6) is 0. The van der Waals surface area contributed by atoms with Crippen LogP contribution in [-0.2, 0) is 13.6 Å². The van der Waals surface area contributed by atoms with Crippen LogP contribution in [0.5, 0.6) is 0 Å². The summed E-state index contributed by atoms with van der Waals surface area (Å²) in [4.78, 5) is 15.2. The fraction of sp³-hybridized carbons (Fsp3) is 0.174. The fourth-order valence-corrected chi connectivity index (χ4v) is 3.45. The van der Waals surface area contributed by atoms with E-state index in [4.69, 9.17) is 4.42 Å². The Bertz CT molecular complexity index is 1140. The molecule has 0 N–H and O–H groups in total. The molecular weight excluding hydrogens is 336 g/mol. The summed E-state index contributed by atoms with van der Waals surface area (Å²) >= 11 is 0. The van der Waals surface area contributed by atoms with E-state index < -0.39 is 0 Å². The van der Waals surface area contributed by atoms with Crippen LogP contribution in [0, 0.1) is 0 Å². The van der Waals surface area contributed by atoms with Crippen molar-refractivity contribution in [1.82, 2.24) is 9.47 Å². The van der Waals surface area contributed by atoms with Crippen LogP contribution in [-0.4, -0.2) is 23.6 Å². The molecular formula is C23H22N2O2. The first-order valence-corrected chi connectivity index (χ1v) is 8.95. The van der Waals surface area contributed by atoms with E-state index >= 15 is 0 Å². The van der Waals surface area contributed by atoms with Crippen LogP contribution in [0.1, 0.15) is 5.56 Å². The first-order valence-electron chi connectivity index (χ1n) is 8.95. The van der Waals surface area contributed by atoms with Crippen molar-refractivity contribution in [2.24, 2.45) is 7.05 Å². The molecule has 0 radical (unpaired) electrons. The SMILES string of the molecule is CN(C)Cc1ccc(-c2cc3occ(-c4ccccc4)c3c(=O)n2C)cc1. The molecule has 0 fully saturated rings. The Morgan fingerprint density at radius 3 is 2.33 bits per heavy atom. The lowest BCUT2D eigenvalue weighted by molar-refractivity contribution is 0.402. The second-order valence-electron chi connectivity index (χ2n) is 7.08. The number of hydrogen-bond acceptors (Lipinski definition) is 3. The van der Waals surface area contributed by atoms with Crippen molar-refractivity contribution in [2.75, 3.05) is 14.1 Å². The molecule has 0 saturated carbocycles. The van der Waals surface area contributed by atoms with Crippen LogP contribution >= 0.6 is 0 Å². The normalized spacial score (nSPS) is 11.4. The summed E-state index contributed by atoms with van der Waals surface area (Å²) in [6.45, 7) is 0.886. The first-order chi connectivity index (χ1) is 13.0. The lowest BCUT2D eigenvalue weighted by Gasteiger charge is -2.12. The van der Waals surface area contributed by atoms with E-state index in [1.54, 1.807) is 10.8 Å². The van der Waals surface area contributed by atoms with Gasteiger partial charge >= 0.3 is 0 Å².